The van der Waals surface area contributed by atoms with Crippen LogP contribution in [0.25, 0.3) is 0 Å². The Morgan fingerprint density at radius 1 is 0.404 bits per heavy atom. The maximum atomic E-state index is 11.4. The lowest BCUT2D eigenvalue weighted by molar-refractivity contribution is 0.389. The molecule has 2 N–H and O–H groups in total. The molecule has 6 unspecified atom stereocenters. The fourth-order valence-corrected chi connectivity index (χ4v) is 8.82. The average molecular weight is 827 g/mol. The number of fused-ring (bicyclic) bond motifs is 9. The molecule has 6 bridgehead atoms. The minimum atomic E-state index is -0.0273. The number of aromatic hydroxyl groups is 2. The van der Waals surface area contributed by atoms with E-state index in [2.05, 4.69) is 50.1 Å². The predicted octanol–water partition coefficient (Wildman–Crippen LogP) is 9.48. The summed E-state index contributed by atoms with van der Waals surface area (Å²) in [7, 11) is 0. The van der Waals surface area contributed by atoms with Gasteiger partial charge in [-0.15, -0.1) is 0 Å². The molecule has 10 heteroatoms. The van der Waals surface area contributed by atoms with Crippen LogP contribution in [0.4, 0.5) is 0 Å². The van der Waals surface area contributed by atoms with Crippen LogP contribution in [0.2, 0.25) is 0 Å². The van der Waals surface area contributed by atoms with Gasteiger partial charge >= 0.3 is 0 Å². The van der Waals surface area contributed by atoms with Crippen LogP contribution >= 0.6 is 31.9 Å². The molecule has 1 aliphatic heterocycles. The molecule has 3 aromatic carbocycles. The van der Waals surface area contributed by atoms with Gasteiger partial charge in [0.1, 0.15) is 11.5 Å². The van der Waals surface area contributed by atoms with Crippen molar-refractivity contribution in [2.24, 2.45) is 30.0 Å². The molecular formula is C42H46Br2N6O2. The average Bonchev–Trinajstić information content (AvgIpc) is 3.15. The molecule has 3 aliphatic carbocycles. The second-order valence-electron chi connectivity index (χ2n) is 14.5. The standard InChI is InChI=1S/C42H46Br2N6O2/c43-33-17-27-16-28(18-33)22-46-36-11-2-4-13-38(36)49-25-31-19-34(44)20-32(42(31)52)26-50-40-15-6-5-14-39(40)48-24-30-9-7-8-29(41(30)51)23-47-37-12-3-1-10-35(37)45-21-27/h7-9,16-26,35-40,51-52H,1-6,10-15H2. The number of halogens is 2. The predicted molar refractivity (Wildman–Crippen MR) is 222 cm³/mol. The Morgan fingerprint density at radius 3 is 1.10 bits per heavy atom. The first-order valence-electron chi connectivity index (χ1n) is 18.7. The number of rotatable bonds is 0. The van der Waals surface area contributed by atoms with Crippen molar-refractivity contribution in [1.82, 2.24) is 0 Å². The number of hydrogen-bond acceptors (Lipinski definition) is 8. The molecule has 7 rings (SSSR count). The monoisotopic (exact) mass is 824 g/mol. The number of aliphatic imine (C=N–C) groups is 6. The van der Waals surface area contributed by atoms with Crippen molar-refractivity contribution in [1.29, 1.82) is 0 Å². The molecule has 0 radical (unpaired) electrons. The van der Waals surface area contributed by atoms with E-state index in [1.165, 1.54) is 0 Å². The molecule has 0 spiro atoms. The third kappa shape index (κ3) is 9.23. The summed E-state index contributed by atoms with van der Waals surface area (Å²) < 4.78 is 1.82. The molecule has 0 saturated heterocycles. The Kier molecular flexibility index (Phi) is 12.2. The summed E-state index contributed by atoms with van der Waals surface area (Å²) in [5, 5.41) is 22.6. The third-order valence-electron chi connectivity index (χ3n) is 10.7. The Bertz CT molecular complexity index is 1920. The first-order valence-corrected chi connectivity index (χ1v) is 20.3. The van der Waals surface area contributed by atoms with Crippen LogP contribution in [0.1, 0.15) is 110 Å². The smallest absolute Gasteiger partial charge is 0.133 e. The Balaban J connectivity index is 1.26. The van der Waals surface area contributed by atoms with Gasteiger partial charge in [-0.3, -0.25) is 30.0 Å². The zero-order valence-corrected chi connectivity index (χ0v) is 32.5. The van der Waals surface area contributed by atoms with E-state index in [1.54, 1.807) is 24.9 Å². The molecule has 4 aliphatic rings. The fraction of sp³-hybridized carbons (Fsp3) is 0.429. The van der Waals surface area contributed by atoms with Crippen molar-refractivity contribution >= 4 is 69.1 Å². The van der Waals surface area contributed by atoms with Crippen LogP contribution in [0, 0.1) is 0 Å². The summed E-state index contributed by atoms with van der Waals surface area (Å²) >= 11 is 7.35. The SMILES string of the molecule is Oc1c2cccc1C=NC1CCCCC1N=Cc1cc(Br)cc(c1O)C=NC1CCCCC1N=Cc1cc(Br)cc(c1)C=NC1CCCCC1N=C2. The van der Waals surface area contributed by atoms with Crippen LogP contribution in [0.5, 0.6) is 11.5 Å². The molecule has 3 fully saturated rings. The van der Waals surface area contributed by atoms with Crippen LogP contribution in [0.3, 0.4) is 0 Å². The molecular weight excluding hydrogens is 780 g/mol. The van der Waals surface area contributed by atoms with Gasteiger partial charge in [-0.05, 0) is 92.1 Å². The summed E-state index contributed by atoms with van der Waals surface area (Å²) in [6, 6.07) is 15.9. The molecule has 6 atom stereocenters. The van der Waals surface area contributed by atoms with Gasteiger partial charge in [-0.25, -0.2) is 0 Å². The van der Waals surface area contributed by atoms with Gasteiger partial charge in [-0.2, -0.15) is 0 Å². The van der Waals surface area contributed by atoms with Gasteiger partial charge in [0.25, 0.3) is 0 Å². The van der Waals surface area contributed by atoms with E-state index in [4.69, 9.17) is 30.0 Å². The van der Waals surface area contributed by atoms with Crippen molar-refractivity contribution in [3.05, 3.63) is 90.9 Å². The number of phenols is 2. The Morgan fingerprint density at radius 2 is 0.712 bits per heavy atom. The highest BCUT2D eigenvalue weighted by Gasteiger charge is 2.26. The van der Waals surface area contributed by atoms with Crippen LogP contribution < -0.4 is 0 Å². The molecule has 3 saturated carbocycles. The van der Waals surface area contributed by atoms with Crippen molar-refractivity contribution in [2.45, 2.75) is 113 Å². The third-order valence-corrected chi connectivity index (χ3v) is 11.6. The molecule has 8 nitrogen and oxygen atoms in total. The van der Waals surface area contributed by atoms with E-state index >= 15 is 0 Å². The first kappa shape index (κ1) is 36.6. The van der Waals surface area contributed by atoms with E-state index in [1.807, 2.05) is 42.8 Å². The second kappa shape index (κ2) is 17.4. The highest BCUT2D eigenvalue weighted by molar-refractivity contribution is 9.10. The van der Waals surface area contributed by atoms with Crippen molar-refractivity contribution in [3.8, 4) is 11.5 Å². The highest BCUT2D eigenvalue weighted by Crippen LogP contribution is 2.31. The lowest BCUT2D eigenvalue weighted by Gasteiger charge is -2.26. The van der Waals surface area contributed by atoms with Crippen molar-refractivity contribution < 1.29 is 10.2 Å². The topological polar surface area (TPSA) is 115 Å². The molecule has 3 aromatic rings. The summed E-state index contributed by atoms with van der Waals surface area (Å²) in [6.45, 7) is 0. The van der Waals surface area contributed by atoms with E-state index in [0.29, 0.717) is 22.3 Å². The fourth-order valence-electron chi connectivity index (χ4n) is 7.80. The second-order valence-corrected chi connectivity index (χ2v) is 16.3. The minimum absolute atomic E-state index is 0.0230. The van der Waals surface area contributed by atoms with Crippen LogP contribution in [0.15, 0.2) is 87.4 Å². The van der Waals surface area contributed by atoms with Gasteiger partial charge < -0.3 is 10.2 Å². The summed E-state index contributed by atoms with van der Waals surface area (Å²) in [6.07, 6.45) is 23.4. The number of nitrogens with zero attached hydrogens (tertiary/aromatic N) is 6. The Hall–Kier alpha value is -3.76. The number of hydrogen-bond donors (Lipinski definition) is 2. The zero-order valence-electron chi connectivity index (χ0n) is 29.4. The van der Waals surface area contributed by atoms with E-state index in [9.17, 15) is 10.2 Å². The lowest BCUT2D eigenvalue weighted by Crippen LogP contribution is -2.27. The normalized spacial score (nSPS) is 26.6. The minimum Gasteiger partial charge on any atom is -0.507 e. The molecule has 52 heavy (non-hydrogen) atoms. The number of benzene rings is 3. The van der Waals surface area contributed by atoms with E-state index < -0.39 is 0 Å². The summed E-state index contributed by atoms with van der Waals surface area (Å²) in [4.78, 5) is 30.0. The molecule has 270 valence electrons. The summed E-state index contributed by atoms with van der Waals surface area (Å²) in [5.74, 6) is 0.335. The van der Waals surface area contributed by atoms with Crippen molar-refractivity contribution in [3.63, 3.8) is 0 Å². The van der Waals surface area contributed by atoms with Gasteiger partial charge in [0.15, 0.2) is 0 Å². The van der Waals surface area contributed by atoms with Gasteiger partial charge in [-0.1, -0.05) is 76.5 Å². The molecule has 1 heterocycles. The van der Waals surface area contributed by atoms with Crippen molar-refractivity contribution in [2.75, 3.05) is 0 Å². The quantitative estimate of drug-likeness (QED) is 0.235. The van der Waals surface area contributed by atoms with Gasteiger partial charge in [0.05, 0.1) is 36.3 Å². The molecule has 0 amide bonds. The van der Waals surface area contributed by atoms with Gasteiger partial charge in [0.2, 0.25) is 0 Å². The Labute approximate surface area is 323 Å². The lowest BCUT2D eigenvalue weighted by atomic mass is 9.91. The largest absolute Gasteiger partial charge is 0.507 e. The maximum absolute atomic E-state index is 11.4. The maximum Gasteiger partial charge on any atom is 0.133 e. The van der Waals surface area contributed by atoms with E-state index in [0.717, 1.165) is 97.1 Å². The molecule has 0 aromatic heterocycles. The number of para-hydroxylation sites is 1. The van der Waals surface area contributed by atoms with E-state index in [-0.39, 0.29) is 47.8 Å². The summed E-state index contributed by atoms with van der Waals surface area (Å²) in [5.41, 5.74) is 4.64. The van der Waals surface area contributed by atoms with Crippen LogP contribution in [-0.2, 0) is 0 Å². The zero-order chi connectivity index (χ0) is 35.9. The number of phenolic OH excluding ortho intramolecular Hbond substituents is 2. The van der Waals surface area contributed by atoms with Gasteiger partial charge in [0, 0.05) is 68.5 Å². The van der Waals surface area contributed by atoms with Crippen LogP contribution in [-0.4, -0.2) is 83.8 Å². The highest BCUT2D eigenvalue weighted by atomic mass is 79.9. The first-order chi connectivity index (χ1) is 25.4.